The van der Waals surface area contributed by atoms with E-state index in [1.165, 1.54) is 39.7 Å². The Labute approximate surface area is 246 Å². The van der Waals surface area contributed by atoms with Crippen LogP contribution < -0.4 is 24.4 Å². The molecule has 0 unspecified atom stereocenters. The zero-order chi connectivity index (χ0) is 29.6. The third-order valence-electron chi connectivity index (χ3n) is 6.46. The first kappa shape index (κ1) is 28.3. The number of ether oxygens (including phenoxy) is 4. The van der Waals surface area contributed by atoms with Gasteiger partial charge in [-0.05, 0) is 35.9 Å². The topological polar surface area (TPSA) is 111 Å². The van der Waals surface area contributed by atoms with E-state index in [-0.39, 0.29) is 11.3 Å². The first-order valence-corrected chi connectivity index (χ1v) is 13.1. The molecule has 1 aromatic heterocycles. The minimum Gasteiger partial charge on any atom is -0.493 e. The molecule has 0 bridgehead atoms. The molecule has 42 heavy (non-hydrogen) atoms. The number of aromatic nitrogens is 1. The zero-order valence-corrected chi connectivity index (χ0v) is 23.7. The molecule has 5 aromatic rings. The minimum absolute atomic E-state index is 0.190. The predicted molar refractivity (Wildman–Crippen MR) is 161 cm³/mol. The molecule has 0 aliphatic rings. The Balaban J connectivity index is 1.39. The van der Waals surface area contributed by atoms with Crippen LogP contribution in [0.1, 0.15) is 26.4 Å². The summed E-state index contributed by atoms with van der Waals surface area (Å²) in [4.78, 5) is 29.5. The Bertz CT molecular complexity index is 1770. The number of aromatic amines is 1. The lowest BCUT2D eigenvalue weighted by molar-refractivity contribution is 0.0733. The van der Waals surface area contributed by atoms with Gasteiger partial charge < -0.3 is 23.9 Å². The molecule has 5 rings (SSSR count). The fraction of sp³-hybridized carbons (Fsp3) is 0.0938. The molecule has 0 aliphatic heterocycles. The number of amides is 1. The van der Waals surface area contributed by atoms with Crippen molar-refractivity contribution in [2.24, 2.45) is 5.10 Å². The largest absolute Gasteiger partial charge is 0.493 e. The normalized spacial score (nSPS) is 11.0. The lowest BCUT2D eigenvalue weighted by Crippen LogP contribution is -2.19. The monoisotopic (exact) mass is 583 g/mol. The highest BCUT2D eigenvalue weighted by molar-refractivity contribution is 6.36. The average Bonchev–Trinajstić information content (AvgIpc) is 3.42. The summed E-state index contributed by atoms with van der Waals surface area (Å²) < 4.78 is 21.6. The second-order valence-electron chi connectivity index (χ2n) is 8.94. The van der Waals surface area contributed by atoms with Gasteiger partial charge in [0.15, 0.2) is 11.5 Å². The van der Waals surface area contributed by atoms with Crippen LogP contribution in [-0.2, 0) is 0 Å². The van der Waals surface area contributed by atoms with Gasteiger partial charge in [-0.15, -0.1) is 0 Å². The Kier molecular flexibility index (Phi) is 8.40. The number of esters is 1. The summed E-state index contributed by atoms with van der Waals surface area (Å²) >= 11 is 6.42. The van der Waals surface area contributed by atoms with Crippen LogP contribution in [0.3, 0.4) is 0 Å². The van der Waals surface area contributed by atoms with Crippen molar-refractivity contribution in [1.29, 1.82) is 0 Å². The number of hydrazone groups is 1. The van der Waals surface area contributed by atoms with E-state index in [4.69, 9.17) is 30.5 Å². The smallest absolute Gasteiger partial charge is 0.343 e. The van der Waals surface area contributed by atoms with E-state index in [2.05, 4.69) is 15.5 Å². The van der Waals surface area contributed by atoms with Gasteiger partial charge in [0.2, 0.25) is 5.75 Å². The highest BCUT2D eigenvalue weighted by Gasteiger charge is 2.21. The zero-order valence-electron chi connectivity index (χ0n) is 22.9. The van der Waals surface area contributed by atoms with Crippen LogP contribution >= 0.6 is 11.6 Å². The number of rotatable bonds is 9. The number of methoxy groups -OCH3 is 3. The van der Waals surface area contributed by atoms with Crippen LogP contribution in [0, 0.1) is 0 Å². The fourth-order valence-corrected chi connectivity index (χ4v) is 4.73. The number of carbonyl (C=O) groups excluding carboxylic acids is 2. The van der Waals surface area contributed by atoms with Crippen LogP contribution in [0.2, 0.25) is 5.02 Å². The molecule has 0 saturated heterocycles. The molecule has 0 radical (unpaired) electrons. The molecule has 4 aromatic carbocycles. The standard InChI is InChI=1S/C32H26ClN3O6/c1-39-25-16-21(17-26(40-2)30(25)41-3)32(38)42-24-15-8-7-12-20(24)18-34-36-31(37)29-27(19-10-5-4-6-11-19)22-13-9-14-23(33)28(22)35-29/h4-18,35H,1-3H3,(H,36,37). The second kappa shape index (κ2) is 12.5. The van der Waals surface area contributed by atoms with Gasteiger partial charge in [0.25, 0.3) is 5.91 Å². The molecule has 212 valence electrons. The van der Waals surface area contributed by atoms with Crippen molar-refractivity contribution in [3.05, 3.63) is 107 Å². The summed E-state index contributed by atoms with van der Waals surface area (Å²) in [5, 5.41) is 5.45. The molecule has 2 N–H and O–H groups in total. The van der Waals surface area contributed by atoms with E-state index >= 15 is 0 Å². The SMILES string of the molecule is COc1cc(C(=O)Oc2ccccc2C=NNC(=O)c2[nH]c3c(Cl)cccc3c2-c2ccccc2)cc(OC)c1OC. The number of hydrogen-bond acceptors (Lipinski definition) is 7. The summed E-state index contributed by atoms with van der Waals surface area (Å²) in [6.07, 6.45) is 1.40. The number of nitrogens with one attached hydrogen (secondary N) is 2. The second-order valence-corrected chi connectivity index (χ2v) is 9.35. The Morgan fingerprint density at radius 1 is 0.833 bits per heavy atom. The van der Waals surface area contributed by atoms with E-state index in [0.29, 0.717) is 44.6 Å². The molecule has 0 aliphatic carbocycles. The maximum atomic E-state index is 13.3. The summed E-state index contributed by atoms with van der Waals surface area (Å²) in [5.41, 5.74) is 5.73. The molecular weight excluding hydrogens is 558 g/mol. The maximum absolute atomic E-state index is 13.3. The fourth-order valence-electron chi connectivity index (χ4n) is 4.51. The van der Waals surface area contributed by atoms with Crippen LogP contribution in [0.15, 0.2) is 90.0 Å². The molecule has 0 spiro atoms. The van der Waals surface area contributed by atoms with Gasteiger partial charge in [-0.2, -0.15) is 5.10 Å². The number of fused-ring (bicyclic) bond motifs is 1. The average molecular weight is 584 g/mol. The molecule has 9 nitrogen and oxygen atoms in total. The molecule has 1 amide bonds. The highest BCUT2D eigenvalue weighted by atomic mass is 35.5. The summed E-state index contributed by atoms with van der Waals surface area (Å²) in [6.45, 7) is 0. The van der Waals surface area contributed by atoms with Gasteiger partial charge in [-0.1, -0.05) is 66.2 Å². The Hall–Kier alpha value is -5.28. The Morgan fingerprint density at radius 2 is 1.52 bits per heavy atom. The van der Waals surface area contributed by atoms with Crippen molar-refractivity contribution < 1.29 is 28.5 Å². The quantitative estimate of drug-likeness (QED) is 0.0887. The molecule has 1 heterocycles. The number of hydrogen-bond donors (Lipinski definition) is 2. The van der Waals surface area contributed by atoms with E-state index in [1.54, 1.807) is 30.3 Å². The van der Waals surface area contributed by atoms with E-state index in [9.17, 15) is 9.59 Å². The van der Waals surface area contributed by atoms with E-state index < -0.39 is 11.9 Å². The molecule has 0 fully saturated rings. The van der Waals surface area contributed by atoms with Crippen LogP contribution in [0.25, 0.3) is 22.0 Å². The number of halogens is 1. The molecular formula is C32H26ClN3O6. The van der Waals surface area contributed by atoms with Gasteiger partial charge in [0.1, 0.15) is 11.4 Å². The first-order chi connectivity index (χ1) is 20.4. The predicted octanol–water partition coefficient (Wildman–Crippen LogP) is 6.50. The third-order valence-corrected chi connectivity index (χ3v) is 6.78. The van der Waals surface area contributed by atoms with Gasteiger partial charge in [-0.25, -0.2) is 10.2 Å². The van der Waals surface area contributed by atoms with Crippen LogP contribution in [0.4, 0.5) is 0 Å². The molecule has 0 atom stereocenters. The Morgan fingerprint density at radius 3 is 2.21 bits per heavy atom. The van der Waals surface area contributed by atoms with Crippen molar-refractivity contribution in [3.63, 3.8) is 0 Å². The number of H-pyrrole nitrogens is 1. The minimum atomic E-state index is -0.651. The van der Waals surface area contributed by atoms with E-state index in [1.807, 2.05) is 42.5 Å². The van der Waals surface area contributed by atoms with Gasteiger partial charge in [0.05, 0.1) is 43.6 Å². The van der Waals surface area contributed by atoms with Crippen molar-refractivity contribution in [2.75, 3.05) is 21.3 Å². The van der Waals surface area contributed by atoms with Gasteiger partial charge in [-0.3, -0.25) is 4.79 Å². The van der Waals surface area contributed by atoms with Crippen molar-refractivity contribution >= 4 is 40.6 Å². The number of nitrogens with zero attached hydrogens (tertiary/aromatic N) is 1. The maximum Gasteiger partial charge on any atom is 0.343 e. The summed E-state index contributed by atoms with van der Waals surface area (Å²) in [5.74, 6) is 0.0963. The third kappa shape index (κ3) is 5.63. The summed E-state index contributed by atoms with van der Waals surface area (Å²) in [7, 11) is 4.39. The molecule has 10 heteroatoms. The van der Waals surface area contributed by atoms with Crippen molar-refractivity contribution in [2.45, 2.75) is 0 Å². The van der Waals surface area contributed by atoms with Crippen molar-refractivity contribution in [3.8, 4) is 34.1 Å². The van der Waals surface area contributed by atoms with Crippen LogP contribution in [-0.4, -0.2) is 44.4 Å². The van der Waals surface area contributed by atoms with Gasteiger partial charge >= 0.3 is 5.97 Å². The lowest BCUT2D eigenvalue weighted by Gasteiger charge is -2.14. The lowest BCUT2D eigenvalue weighted by atomic mass is 10.0. The number of carbonyl (C=O) groups is 2. The van der Waals surface area contributed by atoms with Crippen LogP contribution in [0.5, 0.6) is 23.0 Å². The van der Waals surface area contributed by atoms with Gasteiger partial charge in [0, 0.05) is 16.5 Å². The highest BCUT2D eigenvalue weighted by Crippen LogP contribution is 2.39. The number of benzene rings is 4. The van der Waals surface area contributed by atoms with Crippen molar-refractivity contribution in [1.82, 2.24) is 10.4 Å². The first-order valence-electron chi connectivity index (χ1n) is 12.7. The molecule has 0 saturated carbocycles. The summed E-state index contributed by atoms with van der Waals surface area (Å²) in [6, 6.07) is 24.8. The van der Waals surface area contributed by atoms with E-state index in [0.717, 1.165) is 10.9 Å². The number of para-hydroxylation sites is 2.